The summed E-state index contributed by atoms with van der Waals surface area (Å²) in [5.41, 5.74) is 0. The number of rotatable bonds is 2. The average molecular weight is 220 g/mol. The summed E-state index contributed by atoms with van der Waals surface area (Å²) in [5.74, 6) is 2.06. The summed E-state index contributed by atoms with van der Waals surface area (Å²) in [6, 6.07) is 4.04. The summed E-state index contributed by atoms with van der Waals surface area (Å²) < 4.78 is 17.0. The van der Waals surface area contributed by atoms with Crippen LogP contribution in [0.1, 0.15) is 37.4 Å². The fraction of sp³-hybridized carbons (Fsp3) is 0.667. The summed E-state index contributed by atoms with van der Waals surface area (Å²) in [7, 11) is -0.00801. The Morgan fingerprint density at radius 3 is 2.75 bits per heavy atom. The van der Waals surface area contributed by atoms with Crippen LogP contribution in [-0.4, -0.2) is 20.3 Å². The highest BCUT2D eigenvalue weighted by atomic mass is 16.6. The van der Waals surface area contributed by atoms with Gasteiger partial charge in [-0.2, -0.15) is 0 Å². The Kier molecular flexibility index (Phi) is 3.02. The zero-order chi connectivity index (χ0) is 10.8. The molecule has 0 radical (unpaired) electrons. The molecule has 2 atom stereocenters. The van der Waals surface area contributed by atoms with Crippen LogP contribution in [0.4, 0.5) is 0 Å². The summed E-state index contributed by atoms with van der Waals surface area (Å²) >= 11 is 0. The van der Waals surface area contributed by atoms with Gasteiger partial charge in [0.2, 0.25) is 0 Å². The SMILES string of the molecule is c1coc([C@@H]2CCCC2B2OCCCO2)c1. The Morgan fingerprint density at radius 2 is 2.00 bits per heavy atom. The van der Waals surface area contributed by atoms with E-state index in [0.29, 0.717) is 11.7 Å². The van der Waals surface area contributed by atoms with Crippen LogP contribution in [0.3, 0.4) is 0 Å². The van der Waals surface area contributed by atoms with E-state index in [9.17, 15) is 0 Å². The number of furan rings is 1. The van der Waals surface area contributed by atoms with Crippen LogP contribution in [0.5, 0.6) is 0 Å². The third kappa shape index (κ3) is 1.92. The molecule has 1 aliphatic carbocycles. The van der Waals surface area contributed by atoms with Crippen molar-refractivity contribution in [3.8, 4) is 0 Å². The first-order valence-electron chi connectivity index (χ1n) is 6.22. The Hall–Kier alpha value is -0.735. The predicted octanol–water partition coefficient (Wildman–Crippen LogP) is 2.84. The van der Waals surface area contributed by atoms with Gasteiger partial charge in [-0.25, -0.2) is 0 Å². The van der Waals surface area contributed by atoms with Crippen molar-refractivity contribution < 1.29 is 13.7 Å². The maximum atomic E-state index is 5.73. The van der Waals surface area contributed by atoms with Crippen LogP contribution < -0.4 is 0 Å². The smallest absolute Gasteiger partial charge is 0.460 e. The quantitative estimate of drug-likeness (QED) is 0.718. The van der Waals surface area contributed by atoms with Gasteiger partial charge in [0.15, 0.2) is 0 Å². The monoisotopic (exact) mass is 220 g/mol. The Bertz CT molecular complexity index is 319. The third-order valence-electron chi connectivity index (χ3n) is 3.68. The molecule has 4 heteroatoms. The van der Waals surface area contributed by atoms with Crippen molar-refractivity contribution in [3.63, 3.8) is 0 Å². The van der Waals surface area contributed by atoms with E-state index in [4.69, 9.17) is 13.7 Å². The van der Waals surface area contributed by atoms with Crippen LogP contribution in [-0.2, 0) is 9.31 Å². The Balaban J connectivity index is 1.73. The summed E-state index contributed by atoms with van der Waals surface area (Å²) in [6.45, 7) is 1.68. The van der Waals surface area contributed by atoms with Gasteiger partial charge in [-0.1, -0.05) is 12.8 Å². The molecule has 3 nitrogen and oxygen atoms in total. The molecule has 1 unspecified atom stereocenters. The molecule has 1 aromatic heterocycles. The molecule has 0 amide bonds. The van der Waals surface area contributed by atoms with Crippen LogP contribution in [0.25, 0.3) is 0 Å². The molecular weight excluding hydrogens is 203 g/mol. The highest BCUT2D eigenvalue weighted by Crippen LogP contribution is 2.46. The molecule has 1 aromatic rings. The molecule has 2 aliphatic rings. The topological polar surface area (TPSA) is 31.6 Å². The van der Waals surface area contributed by atoms with Gasteiger partial charge >= 0.3 is 7.12 Å². The summed E-state index contributed by atoms with van der Waals surface area (Å²) in [5, 5.41) is 0. The minimum Gasteiger partial charge on any atom is -0.469 e. The maximum absolute atomic E-state index is 5.73. The lowest BCUT2D eigenvalue weighted by atomic mass is 9.65. The molecule has 0 aromatic carbocycles. The minimum absolute atomic E-state index is 0.00801. The summed E-state index contributed by atoms with van der Waals surface area (Å²) in [6.07, 6.45) is 6.42. The molecule has 0 N–H and O–H groups in total. The largest absolute Gasteiger partial charge is 0.469 e. The fourth-order valence-electron chi connectivity index (χ4n) is 2.92. The van der Waals surface area contributed by atoms with Crippen molar-refractivity contribution in [2.24, 2.45) is 0 Å². The molecule has 86 valence electrons. The number of hydrogen-bond donors (Lipinski definition) is 0. The van der Waals surface area contributed by atoms with Gasteiger partial charge in [0.05, 0.1) is 6.26 Å². The van der Waals surface area contributed by atoms with Crippen LogP contribution >= 0.6 is 0 Å². The van der Waals surface area contributed by atoms with Crippen molar-refractivity contribution in [2.45, 2.75) is 37.4 Å². The highest BCUT2D eigenvalue weighted by Gasteiger charge is 2.42. The Morgan fingerprint density at radius 1 is 1.12 bits per heavy atom. The molecule has 2 fully saturated rings. The van der Waals surface area contributed by atoms with Crippen LogP contribution in [0, 0.1) is 0 Å². The Labute approximate surface area is 96.3 Å². The van der Waals surface area contributed by atoms with Gasteiger partial charge in [-0.05, 0) is 25.0 Å². The predicted molar refractivity (Wildman–Crippen MR) is 61.3 cm³/mol. The van der Waals surface area contributed by atoms with Crippen molar-refractivity contribution in [3.05, 3.63) is 24.2 Å². The molecule has 2 heterocycles. The zero-order valence-electron chi connectivity index (χ0n) is 9.43. The van der Waals surface area contributed by atoms with E-state index in [0.717, 1.165) is 25.4 Å². The van der Waals surface area contributed by atoms with E-state index in [1.54, 1.807) is 6.26 Å². The standard InChI is InChI=1S/C12H17BO3/c1-4-10(12-6-2-7-14-12)11(5-1)13-15-8-3-9-16-13/h2,6-7,10-11H,1,3-5,8-9H2/t10-,11?/m1/s1. The normalized spacial score (nSPS) is 30.9. The average Bonchev–Trinajstić information content (AvgIpc) is 3.01. The second-order valence-electron chi connectivity index (χ2n) is 4.68. The first-order chi connectivity index (χ1) is 7.95. The fourth-order valence-corrected chi connectivity index (χ4v) is 2.92. The van der Waals surface area contributed by atoms with E-state index >= 15 is 0 Å². The van der Waals surface area contributed by atoms with Crippen molar-refractivity contribution >= 4 is 7.12 Å². The van der Waals surface area contributed by atoms with E-state index < -0.39 is 0 Å². The third-order valence-corrected chi connectivity index (χ3v) is 3.68. The minimum atomic E-state index is -0.00801. The molecule has 1 saturated heterocycles. The number of hydrogen-bond acceptors (Lipinski definition) is 3. The molecule has 0 bridgehead atoms. The van der Waals surface area contributed by atoms with E-state index in [2.05, 4.69) is 6.07 Å². The van der Waals surface area contributed by atoms with E-state index in [1.807, 2.05) is 6.07 Å². The molecule has 1 aliphatic heterocycles. The lowest BCUT2D eigenvalue weighted by molar-refractivity contribution is 0.124. The second-order valence-corrected chi connectivity index (χ2v) is 4.68. The van der Waals surface area contributed by atoms with E-state index in [-0.39, 0.29) is 7.12 Å². The first kappa shape index (κ1) is 10.4. The van der Waals surface area contributed by atoms with Gasteiger partial charge in [0.25, 0.3) is 0 Å². The summed E-state index contributed by atoms with van der Waals surface area (Å²) in [4.78, 5) is 0. The molecule has 3 rings (SSSR count). The van der Waals surface area contributed by atoms with Gasteiger partial charge in [0, 0.05) is 24.9 Å². The van der Waals surface area contributed by atoms with Gasteiger partial charge in [-0.3, -0.25) is 0 Å². The van der Waals surface area contributed by atoms with Crippen molar-refractivity contribution in [2.75, 3.05) is 13.2 Å². The van der Waals surface area contributed by atoms with Gasteiger partial charge < -0.3 is 13.7 Å². The van der Waals surface area contributed by atoms with Crippen molar-refractivity contribution in [1.29, 1.82) is 0 Å². The zero-order valence-corrected chi connectivity index (χ0v) is 9.43. The lowest BCUT2D eigenvalue weighted by Gasteiger charge is -2.27. The van der Waals surface area contributed by atoms with Crippen LogP contribution in [0.15, 0.2) is 22.8 Å². The second kappa shape index (κ2) is 4.64. The highest BCUT2D eigenvalue weighted by molar-refractivity contribution is 6.47. The van der Waals surface area contributed by atoms with Crippen LogP contribution in [0.2, 0.25) is 5.82 Å². The van der Waals surface area contributed by atoms with E-state index in [1.165, 1.54) is 19.3 Å². The van der Waals surface area contributed by atoms with Gasteiger partial charge in [-0.15, -0.1) is 0 Å². The molecular formula is C12H17BO3. The maximum Gasteiger partial charge on any atom is 0.460 e. The van der Waals surface area contributed by atoms with Gasteiger partial charge in [0.1, 0.15) is 5.76 Å². The lowest BCUT2D eigenvalue weighted by Crippen LogP contribution is -2.35. The molecule has 1 saturated carbocycles. The first-order valence-corrected chi connectivity index (χ1v) is 6.22. The van der Waals surface area contributed by atoms with Crippen molar-refractivity contribution in [1.82, 2.24) is 0 Å². The molecule has 16 heavy (non-hydrogen) atoms. The molecule has 0 spiro atoms.